The fraction of sp³-hybridized carbons (Fsp3) is 0. The highest BCUT2D eigenvalue weighted by Gasteiger charge is 2.20. The Bertz CT molecular complexity index is 3520. The molecule has 11 aromatic carbocycles. The number of aromatic nitrogens is 1. The van der Waals surface area contributed by atoms with Crippen molar-refractivity contribution in [3.8, 4) is 50.2 Å². The van der Waals surface area contributed by atoms with Gasteiger partial charge in [0.25, 0.3) is 0 Å². The highest BCUT2D eigenvalue weighted by Crippen LogP contribution is 2.44. The number of anilines is 3. The number of nitrogens with zero attached hydrogens (tertiary/aromatic N) is 2. The summed E-state index contributed by atoms with van der Waals surface area (Å²) >= 11 is 0. The van der Waals surface area contributed by atoms with Gasteiger partial charge in [0, 0.05) is 33.5 Å². The molecule has 0 aliphatic heterocycles. The third-order valence-corrected chi connectivity index (χ3v) is 12.7. The molecule has 64 heavy (non-hydrogen) atoms. The van der Waals surface area contributed by atoms with Crippen LogP contribution in [0.15, 0.2) is 255 Å². The van der Waals surface area contributed by atoms with Crippen LogP contribution in [0.2, 0.25) is 0 Å². The summed E-state index contributed by atoms with van der Waals surface area (Å²) in [4.78, 5) is 2.39. The summed E-state index contributed by atoms with van der Waals surface area (Å²) in [5.74, 6) is 0. The van der Waals surface area contributed by atoms with Gasteiger partial charge in [-0.2, -0.15) is 0 Å². The fourth-order valence-electron chi connectivity index (χ4n) is 9.58. The molecule has 0 N–H and O–H groups in total. The van der Waals surface area contributed by atoms with E-state index in [0.717, 1.165) is 28.3 Å². The Labute approximate surface area is 373 Å². The van der Waals surface area contributed by atoms with Crippen molar-refractivity contribution in [2.24, 2.45) is 0 Å². The predicted octanol–water partition coefficient (Wildman–Crippen LogP) is 17.2. The summed E-state index contributed by atoms with van der Waals surface area (Å²) in [5, 5.41) is 7.45. The largest absolute Gasteiger partial charge is 0.310 e. The molecule has 0 fully saturated rings. The van der Waals surface area contributed by atoms with Crippen LogP contribution in [0.3, 0.4) is 0 Å². The second kappa shape index (κ2) is 15.8. The quantitative estimate of drug-likeness (QED) is 0.148. The zero-order valence-corrected chi connectivity index (χ0v) is 35.1. The molecule has 1 aromatic heterocycles. The lowest BCUT2D eigenvalue weighted by Crippen LogP contribution is -2.10. The highest BCUT2D eigenvalue weighted by atomic mass is 15.1. The molecule has 12 aromatic rings. The van der Waals surface area contributed by atoms with Crippen LogP contribution < -0.4 is 4.90 Å². The molecule has 2 heteroatoms. The fourth-order valence-corrected chi connectivity index (χ4v) is 9.58. The van der Waals surface area contributed by atoms with Crippen LogP contribution in [0.1, 0.15) is 0 Å². The molecule has 0 radical (unpaired) electrons. The second-order valence-electron chi connectivity index (χ2n) is 16.6. The Morgan fingerprint density at radius 2 is 0.766 bits per heavy atom. The summed E-state index contributed by atoms with van der Waals surface area (Å²) in [6.45, 7) is 0. The molecule has 0 atom stereocenters. The monoisotopic (exact) mass is 814 g/mol. The van der Waals surface area contributed by atoms with Gasteiger partial charge in [-0.05, 0) is 145 Å². The van der Waals surface area contributed by atoms with Crippen molar-refractivity contribution in [3.05, 3.63) is 255 Å². The summed E-state index contributed by atoms with van der Waals surface area (Å²) < 4.78 is 2.42. The van der Waals surface area contributed by atoms with E-state index in [2.05, 4.69) is 264 Å². The smallest absolute Gasteiger partial charge is 0.0553 e. The van der Waals surface area contributed by atoms with Gasteiger partial charge in [0.1, 0.15) is 0 Å². The number of benzene rings is 11. The zero-order valence-electron chi connectivity index (χ0n) is 35.1. The molecule has 2 nitrogen and oxygen atoms in total. The zero-order chi connectivity index (χ0) is 42.4. The average Bonchev–Trinajstić information content (AvgIpc) is 3.71. The number of hydrogen-bond donors (Lipinski definition) is 0. The molecule has 1 heterocycles. The van der Waals surface area contributed by atoms with Gasteiger partial charge in [-0.1, -0.05) is 176 Å². The van der Waals surface area contributed by atoms with E-state index in [9.17, 15) is 0 Å². The lowest BCUT2D eigenvalue weighted by molar-refractivity contribution is 1.18. The van der Waals surface area contributed by atoms with Crippen molar-refractivity contribution in [1.29, 1.82) is 0 Å². The van der Waals surface area contributed by atoms with Gasteiger partial charge < -0.3 is 9.47 Å². The standard InChI is InChI=1S/C62H42N2/c1-3-14-43(15-4-1)53-41-59(62-58-24-11-12-25-60(58)64(61(62)42-53)54-21-5-2-6-22-54)52-20-13-23-57(40-52)63(55-34-30-46(31-35-55)50-28-26-44-16-7-9-18-48(44)38-50)56-36-32-47(33-37-56)51-29-27-45-17-8-10-19-49(45)39-51/h1-42H. The Hall–Kier alpha value is -8.46. The molecule has 300 valence electrons. The van der Waals surface area contributed by atoms with E-state index in [-0.39, 0.29) is 0 Å². The number of para-hydroxylation sites is 2. The number of rotatable bonds is 8. The van der Waals surface area contributed by atoms with Crippen LogP contribution in [-0.4, -0.2) is 4.57 Å². The Morgan fingerprint density at radius 1 is 0.266 bits per heavy atom. The summed E-state index contributed by atoms with van der Waals surface area (Å²) in [6.07, 6.45) is 0. The molecule has 0 amide bonds. The van der Waals surface area contributed by atoms with Gasteiger partial charge in [0.05, 0.1) is 11.0 Å². The summed E-state index contributed by atoms with van der Waals surface area (Å²) in [7, 11) is 0. The molecule has 0 unspecified atom stereocenters. The second-order valence-corrected chi connectivity index (χ2v) is 16.6. The SMILES string of the molecule is c1ccc(-c2cc(-c3cccc(N(c4ccc(-c5ccc6ccccc6c5)cc4)c4ccc(-c5ccc6ccccc6c5)cc4)c3)c3c4ccccc4n(-c4ccccc4)c3c2)cc1. The normalized spacial score (nSPS) is 11.4. The van der Waals surface area contributed by atoms with Crippen LogP contribution in [0, 0.1) is 0 Å². The Balaban J connectivity index is 1.03. The highest BCUT2D eigenvalue weighted by molar-refractivity contribution is 6.17. The first-order chi connectivity index (χ1) is 31.7. The van der Waals surface area contributed by atoms with Gasteiger partial charge in [-0.3, -0.25) is 0 Å². The maximum absolute atomic E-state index is 2.42. The predicted molar refractivity (Wildman–Crippen MR) is 272 cm³/mol. The molecular weight excluding hydrogens is 773 g/mol. The maximum Gasteiger partial charge on any atom is 0.0553 e. The van der Waals surface area contributed by atoms with E-state index >= 15 is 0 Å². The molecule has 0 saturated carbocycles. The Kier molecular flexibility index (Phi) is 9.20. The lowest BCUT2D eigenvalue weighted by atomic mass is 9.94. The van der Waals surface area contributed by atoms with Gasteiger partial charge in [-0.25, -0.2) is 0 Å². The first-order valence-corrected chi connectivity index (χ1v) is 22.0. The van der Waals surface area contributed by atoms with E-state index in [1.807, 2.05) is 0 Å². The minimum Gasteiger partial charge on any atom is -0.310 e. The molecule has 12 rings (SSSR count). The van der Waals surface area contributed by atoms with Crippen molar-refractivity contribution in [2.45, 2.75) is 0 Å². The van der Waals surface area contributed by atoms with Gasteiger partial charge in [0.15, 0.2) is 0 Å². The number of fused-ring (bicyclic) bond motifs is 5. The van der Waals surface area contributed by atoms with Crippen molar-refractivity contribution in [3.63, 3.8) is 0 Å². The van der Waals surface area contributed by atoms with Crippen LogP contribution in [-0.2, 0) is 0 Å². The first kappa shape index (κ1) is 37.3. The van der Waals surface area contributed by atoms with Crippen molar-refractivity contribution in [1.82, 2.24) is 4.57 Å². The first-order valence-electron chi connectivity index (χ1n) is 22.0. The van der Waals surface area contributed by atoms with Gasteiger partial charge >= 0.3 is 0 Å². The van der Waals surface area contributed by atoms with Crippen molar-refractivity contribution >= 4 is 60.4 Å². The molecule has 0 saturated heterocycles. The van der Waals surface area contributed by atoms with Crippen LogP contribution in [0.4, 0.5) is 17.1 Å². The molecular formula is C62H42N2. The minimum atomic E-state index is 1.08. The Morgan fingerprint density at radius 3 is 1.39 bits per heavy atom. The summed E-state index contributed by atoms with van der Waals surface area (Å²) in [5.41, 5.74) is 16.3. The van der Waals surface area contributed by atoms with Gasteiger partial charge in [0.2, 0.25) is 0 Å². The van der Waals surface area contributed by atoms with E-state index in [4.69, 9.17) is 0 Å². The van der Waals surface area contributed by atoms with Crippen molar-refractivity contribution < 1.29 is 0 Å². The molecule has 0 aliphatic rings. The van der Waals surface area contributed by atoms with Crippen molar-refractivity contribution in [2.75, 3.05) is 4.90 Å². The topological polar surface area (TPSA) is 8.17 Å². The average molecular weight is 815 g/mol. The maximum atomic E-state index is 2.42. The third kappa shape index (κ3) is 6.70. The van der Waals surface area contributed by atoms with E-state index in [1.54, 1.807) is 0 Å². The van der Waals surface area contributed by atoms with Crippen LogP contribution >= 0.6 is 0 Å². The molecule has 0 spiro atoms. The summed E-state index contributed by atoms with van der Waals surface area (Å²) in [6, 6.07) is 92.8. The van der Waals surface area contributed by atoms with Gasteiger partial charge in [-0.15, -0.1) is 0 Å². The molecule has 0 aliphatic carbocycles. The van der Waals surface area contributed by atoms with Crippen LogP contribution in [0.25, 0.3) is 93.5 Å². The van der Waals surface area contributed by atoms with E-state index < -0.39 is 0 Å². The third-order valence-electron chi connectivity index (χ3n) is 12.7. The lowest BCUT2D eigenvalue weighted by Gasteiger charge is -2.26. The number of hydrogen-bond acceptors (Lipinski definition) is 1. The molecule has 0 bridgehead atoms. The van der Waals surface area contributed by atoms with Crippen LogP contribution in [0.5, 0.6) is 0 Å². The van der Waals surface area contributed by atoms with E-state index in [0.29, 0.717) is 0 Å². The van der Waals surface area contributed by atoms with E-state index in [1.165, 1.54) is 82.3 Å². The minimum absolute atomic E-state index is 1.08.